The molecule has 1 N–H and O–H groups in total. The average molecular weight is 530 g/mol. The van der Waals surface area contributed by atoms with Gasteiger partial charge in [-0.1, -0.05) is 41.4 Å². The number of carbonyl (C=O) groups is 2. The number of ketones is 1. The zero-order chi connectivity index (χ0) is 26.1. The standard InChI is InChI=1S/C28H29Cl2NO5/c1-14(2)36-28(33)25-15(3)31-21-10-17(16-6-9-23(34-4)24(12-16)35-5)11-22(32)27(21)26(25)19-8-7-18(29)13-20(19)30/h6-10,12-14,17,26-27,31H,11H2,1-5H3. The van der Waals surface area contributed by atoms with Crippen LogP contribution in [0.1, 0.15) is 50.2 Å². The van der Waals surface area contributed by atoms with Crippen LogP contribution in [0.4, 0.5) is 0 Å². The van der Waals surface area contributed by atoms with E-state index in [1.807, 2.05) is 25.1 Å². The van der Waals surface area contributed by atoms with Crippen LogP contribution >= 0.6 is 23.2 Å². The second kappa shape index (κ2) is 10.6. The fraction of sp³-hybridized carbons (Fsp3) is 0.357. The smallest absolute Gasteiger partial charge is 0.336 e. The SMILES string of the molecule is COc1ccc(C2C=C3NC(C)=C(C(=O)OC(C)C)C(c4ccc(Cl)cc4Cl)C3C(=O)C2)cc1OC. The number of allylic oxidation sites excluding steroid dienone is 3. The summed E-state index contributed by atoms with van der Waals surface area (Å²) in [5, 5.41) is 4.20. The molecule has 0 aromatic heterocycles. The zero-order valence-corrected chi connectivity index (χ0v) is 22.4. The van der Waals surface area contributed by atoms with Crippen molar-refractivity contribution in [3.05, 3.63) is 80.6 Å². The molecule has 0 fully saturated rings. The highest BCUT2D eigenvalue weighted by Gasteiger charge is 2.45. The fourth-order valence-electron chi connectivity index (χ4n) is 5.01. The van der Waals surface area contributed by atoms with E-state index in [2.05, 4.69) is 11.4 Å². The number of methoxy groups -OCH3 is 2. The second-order valence-electron chi connectivity index (χ2n) is 9.25. The maximum atomic E-state index is 13.8. The van der Waals surface area contributed by atoms with Crippen molar-refractivity contribution in [2.45, 2.75) is 45.1 Å². The Labute approximate surface area is 221 Å². The van der Waals surface area contributed by atoms with E-state index < -0.39 is 17.8 Å². The van der Waals surface area contributed by atoms with Gasteiger partial charge in [-0.3, -0.25) is 4.79 Å². The number of hydrogen-bond acceptors (Lipinski definition) is 6. The van der Waals surface area contributed by atoms with Crippen molar-refractivity contribution in [3.63, 3.8) is 0 Å². The van der Waals surface area contributed by atoms with Crippen LogP contribution in [0.15, 0.2) is 59.4 Å². The number of carbonyl (C=O) groups excluding carboxylic acids is 2. The predicted molar refractivity (Wildman–Crippen MR) is 140 cm³/mol. The van der Waals surface area contributed by atoms with Crippen molar-refractivity contribution >= 4 is 35.0 Å². The number of halogens is 2. The lowest BCUT2D eigenvalue weighted by Gasteiger charge is -2.40. The summed E-state index contributed by atoms with van der Waals surface area (Å²) >= 11 is 12.8. The lowest BCUT2D eigenvalue weighted by Crippen LogP contribution is -2.42. The normalized spacial score (nSPS) is 21.5. The molecule has 3 atom stereocenters. The Kier molecular flexibility index (Phi) is 7.67. The number of esters is 1. The second-order valence-corrected chi connectivity index (χ2v) is 10.1. The summed E-state index contributed by atoms with van der Waals surface area (Å²) in [7, 11) is 3.16. The molecule has 6 nitrogen and oxygen atoms in total. The Morgan fingerprint density at radius 3 is 2.39 bits per heavy atom. The summed E-state index contributed by atoms with van der Waals surface area (Å²) in [4.78, 5) is 27.0. The Morgan fingerprint density at radius 1 is 1.03 bits per heavy atom. The highest BCUT2D eigenvalue weighted by Crippen LogP contribution is 2.48. The molecule has 190 valence electrons. The van der Waals surface area contributed by atoms with E-state index in [-0.39, 0.29) is 24.2 Å². The van der Waals surface area contributed by atoms with Gasteiger partial charge < -0.3 is 19.5 Å². The quantitative estimate of drug-likeness (QED) is 0.450. The Morgan fingerprint density at radius 2 is 1.75 bits per heavy atom. The van der Waals surface area contributed by atoms with Crippen LogP contribution < -0.4 is 14.8 Å². The van der Waals surface area contributed by atoms with Crippen LogP contribution in [-0.4, -0.2) is 32.1 Å². The third-order valence-electron chi connectivity index (χ3n) is 6.56. The average Bonchev–Trinajstić information content (AvgIpc) is 2.82. The van der Waals surface area contributed by atoms with Crippen molar-refractivity contribution in [1.82, 2.24) is 5.32 Å². The minimum atomic E-state index is -0.613. The third-order valence-corrected chi connectivity index (χ3v) is 7.12. The number of hydrogen-bond donors (Lipinski definition) is 1. The number of nitrogens with one attached hydrogen (secondary N) is 1. The number of fused-ring (bicyclic) bond motifs is 1. The van der Waals surface area contributed by atoms with Crippen LogP contribution in [0, 0.1) is 5.92 Å². The first-order chi connectivity index (χ1) is 17.1. The van der Waals surface area contributed by atoms with E-state index in [0.717, 1.165) is 11.3 Å². The van der Waals surface area contributed by atoms with Gasteiger partial charge in [-0.25, -0.2) is 4.79 Å². The summed E-state index contributed by atoms with van der Waals surface area (Å²) in [6, 6.07) is 10.8. The Bertz CT molecular complexity index is 1270. The molecule has 2 aromatic rings. The first kappa shape index (κ1) is 26.1. The summed E-state index contributed by atoms with van der Waals surface area (Å²) in [6.45, 7) is 5.40. The molecule has 36 heavy (non-hydrogen) atoms. The Hall–Kier alpha value is -2.96. The molecule has 2 aromatic carbocycles. The summed E-state index contributed by atoms with van der Waals surface area (Å²) in [5.41, 5.74) is 3.35. The highest BCUT2D eigenvalue weighted by molar-refractivity contribution is 6.35. The molecule has 8 heteroatoms. The molecule has 0 bridgehead atoms. The van der Waals surface area contributed by atoms with E-state index in [1.165, 1.54) is 0 Å². The number of rotatable bonds is 6. The Balaban J connectivity index is 1.83. The van der Waals surface area contributed by atoms with Crippen LogP contribution in [0.3, 0.4) is 0 Å². The number of ether oxygens (including phenoxy) is 3. The van der Waals surface area contributed by atoms with Crippen molar-refractivity contribution < 1.29 is 23.8 Å². The molecule has 1 heterocycles. The van der Waals surface area contributed by atoms with Crippen molar-refractivity contribution in [2.75, 3.05) is 14.2 Å². The zero-order valence-electron chi connectivity index (χ0n) is 20.9. The molecular weight excluding hydrogens is 501 g/mol. The van der Waals surface area contributed by atoms with Crippen molar-refractivity contribution in [2.24, 2.45) is 5.92 Å². The van der Waals surface area contributed by atoms with Crippen LogP contribution in [-0.2, 0) is 14.3 Å². The minimum Gasteiger partial charge on any atom is -0.493 e. The van der Waals surface area contributed by atoms with Crippen LogP contribution in [0.2, 0.25) is 10.0 Å². The third kappa shape index (κ3) is 4.97. The van der Waals surface area contributed by atoms with Gasteiger partial charge in [0.1, 0.15) is 5.78 Å². The van der Waals surface area contributed by atoms with E-state index >= 15 is 0 Å². The molecule has 0 saturated heterocycles. The topological polar surface area (TPSA) is 73.9 Å². The van der Waals surface area contributed by atoms with E-state index in [1.54, 1.807) is 46.3 Å². The monoisotopic (exact) mass is 529 g/mol. The maximum Gasteiger partial charge on any atom is 0.336 e. The molecular formula is C28H29Cl2NO5. The van der Waals surface area contributed by atoms with E-state index in [4.69, 9.17) is 37.4 Å². The van der Waals surface area contributed by atoms with E-state index in [0.29, 0.717) is 38.4 Å². The molecule has 1 aliphatic carbocycles. The summed E-state index contributed by atoms with van der Waals surface area (Å²) < 4.78 is 16.4. The summed E-state index contributed by atoms with van der Waals surface area (Å²) in [6.07, 6.45) is 2.00. The van der Waals surface area contributed by atoms with Gasteiger partial charge >= 0.3 is 5.97 Å². The van der Waals surface area contributed by atoms with E-state index in [9.17, 15) is 9.59 Å². The number of benzene rings is 2. The molecule has 0 radical (unpaired) electrons. The first-order valence-electron chi connectivity index (χ1n) is 11.7. The largest absolute Gasteiger partial charge is 0.493 e. The van der Waals surface area contributed by atoms with Gasteiger partial charge in [-0.05, 0) is 56.2 Å². The molecule has 2 aliphatic rings. The molecule has 4 rings (SSSR count). The lowest BCUT2D eigenvalue weighted by molar-refractivity contribution is -0.143. The van der Waals surface area contributed by atoms with Gasteiger partial charge in [-0.15, -0.1) is 0 Å². The van der Waals surface area contributed by atoms with Gasteiger partial charge in [0.05, 0.1) is 31.8 Å². The van der Waals surface area contributed by atoms with Crippen molar-refractivity contribution in [3.8, 4) is 11.5 Å². The van der Waals surface area contributed by atoms with Crippen LogP contribution in [0.5, 0.6) is 11.5 Å². The van der Waals surface area contributed by atoms with Gasteiger partial charge in [0.25, 0.3) is 0 Å². The van der Waals surface area contributed by atoms with Gasteiger partial charge in [-0.2, -0.15) is 0 Å². The molecule has 0 amide bonds. The maximum absolute atomic E-state index is 13.8. The lowest BCUT2D eigenvalue weighted by atomic mass is 9.68. The summed E-state index contributed by atoms with van der Waals surface area (Å²) in [5.74, 6) is -0.646. The number of Topliss-reactive ketones (excluding diaryl/α,β-unsaturated/α-hetero) is 1. The molecule has 0 spiro atoms. The van der Waals surface area contributed by atoms with Crippen LogP contribution in [0.25, 0.3) is 0 Å². The predicted octanol–water partition coefficient (Wildman–Crippen LogP) is 6.18. The van der Waals surface area contributed by atoms with Gasteiger partial charge in [0, 0.05) is 39.7 Å². The first-order valence-corrected chi connectivity index (χ1v) is 12.5. The van der Waals surface area contributed by atoms with Gasteiger partial charge in [0.2, 0.25) is 0 Å². The molecule has 3 unspecified atom stereocenters. The molecule has 0 saturated carbocycles. The van der Waals surface area contributed by atoms with Gasteiger partial charge in [0.15, 0.2) is 11.5 Å². The molecule has 1 aliphatic heterocycles. The highest BCUT2D eigenvalue weighted by atomic mass is 35.5. The fourth-order valence-corrected chi connectivity index (χ4v) is 5.54. The minimum absolute atomic E-state index is 0.00171. The van der Waals surface area contributed by atoms with Crippen molar-refractivity contribution in [1.29, 1.82) is 0 Å².